The molecule has 2 aliphatic rings. The van der Waals surface area contributed by atoms with Crippen molar-refractivity contribution < 1.29 is 23.3 Å². The molecule has 0 amide bonds. The molecule has 6 rings (SSSR count). The van der Waals surface area contributed by atoms with E-state index < -0.39 is 0 Å². The van der Waals surface area contributed by atoms with E-state index in [0.717, 1.165) is 11.8 Å². The first-order chi connectivity index (χ1) is 16.7. The summed E-state index contributed by atoms with van der Waals surface area (Å²) in [7, 11) is 0. The van der Waals surface area contributed by atoms with Crippen molar-refractivity contribution in [3.8, 4) is 0 Å². The first-order valence-electron chi connectivity index (χ1n) is 13.3. The molecule has 0 nitrogen and oxygen atoms in total. The molecule has 2 radical (unpaired) electrons. The molecule has 0 spiro atoms. The molecule has 0 aliphatic heterocycles. The molecule has 0 saturated heterocycles. The average Bonchev–Trinajstić information content (AvgIpc) is 3.47. The van der Waals surface area contributed by atoms with Crippen LogP contribution in [0.5, 0.6) is 0 Å². The molecule has 4 heteroatoms. The third-order valence-corrected chi connectivity index (χ3v) is 7.95. The van der Waals surface area contributed by atoms with Crippen molar-refractivity contribution >= 4 is 53.2 Å². The molecule has 4 aromatic carbocycles. The Bertz CT molecular complexity index is 1100. The van der Waals surface area contributed by atoms with Crippen LogP contribution in [0.25, 0.3) is 21.5 Å². The topological polar surface area (TPSA) is 0 Å². The number of benzene rings is 2. The molecule has 0 unspecified atom stereocenters. The molecular formula is C34H46Cl2SiZr-4. The molecule has 2 saturated carbocycles. The Balaban J connectivity index is 0.000000616. The maximum atomic E-state index is 3.06. The average molecular weight is 645 g/mol. The Morgan fingerprint density at radius 3 is 1.29 bits per heavy atom. The number of rotatable bonds is 2. The number of hydrogen-bond acceptors (Lipinski definition) is 0. The van der Waals surface area contributed by atoms with Gasteiger partial charge in [0.25, 0.3) is 0 Å². The minimum absolute atomic E-state index is 0. The molecule has 0 atom stereocenters. The van der Waals surface area contributed by atoms with Crippen LogP contribution in [-0.4, -0.2) is 6.88 Å². The molecule has 4 aromatic rings. The molecule has 0 aromatic heterocycles. The second-order valence-electron chi connectivity index (χ2n) is 10.4. The van der Waals surface area contributed by atoms with Crippen molar-refractivity contribution in [2.24, 2.45) is 0 Å². The Labute approximate surface area is 262 Å². The van der Waals surface area contributed by atoms with E-state index in [0.29, 0.717) is 0 Å². The zero-order chi connectivity index (χ0) is 23.9. The summed E-state index contributed by atoms with van der Waals surface area (Å²) in [4.78, 5) is 0. The van der Waals surface area contributed by atoms with Gasteiger partial charge in [0, 0.05) is 0 Å². The van der Waals surface area contributed by atoms with Crippen molar-refractivity contribution in [3.63, 3.8) is 0 Å². The van der Waals surface area contributed by atoms with Crippen LogP contribution in [0.1, 0.15) is 98.3 Å². The van der Waals surface area contributed by atoms with Gasteiger partial charge in [-0.25, -0.2) is 0 Å². The Morgan fingerprint density at radius 1 is 0.605 bits per heavy atom. The van der Waals surface area contributed by atoms with Crippen LogP contribution < -0.4 is 0 Å². The number of halogens is 2. The molecule has 0 bridgehead atoms. The van der Waals surface area contributed by atoms with Crippen molar-refractivity contribution in [1.29, 1.82) is 0 Å². The van der Waals surface area contributed by atoms with E-state index >= 15 is 0 Å². The quantitative estimate of drug-likeness (QED) is 0.150. The van der Waals surface area contributed by atoms with Crippen molar-refractivity contribution in [2.75, 3.05) is 0 Å². The van der Waals surface area contributed by atoms with Gasteiger partial charge in [0.1, 0.15) is 0 Å². The van der Waals surface area contributed by atoms with Crippen LogP contribution in [0.4, 0.5) is 0 Å². The molecule has 38 heavy (non-hydrogen) atoms. The van der Waals surface area contributed by atoms with Crippen molar-refractivity contribution in [2.45, 2.75) is 89.9 Å². The van der Waals surface area contributed by atoms with Crippen LogP contribution in [0.15, 0.2) is 60.7 Å². The first kappa shape index (κ1) is 37.3. The summed E-state index contributed by atoms with van der Waals surface area (Å²) in [5, 5.41) is 5.87. The van der Waals surface area contributed by atoms with Gasteiger partial charge in [-0.15, -0.1) is 93.9 Å². The van der Waals surface area contributed by atoms with Gasteiger partial charge in [-0.05, 0) is 37.5 Å². The van der Waals surface area contributed by atoms with Gasteiger partial charge < -0.3 is 14.9 Å². The normalized spacial score (nSPS) is 15.3. The van der Waals surface area contributed by atoms with Crippen LogP contribution >= 0.6 is 24.8 Å². The van der Waals surface area contributed by atoms with E-state index in [9.17, 15) is 0 Å². The molecule has 208 valence electrons. The summed E-state index contributed by atoms with van der Waals surface area (Å²) < 4.78 is 0. The standard InChI is InChI=1S/2C16H19.2CH3.2ClH.Si.Zr/c2*1-12-10-14-8-5-9-15(16(14)11-12)13-6-3-2-4-7-13;;;;;;/h2*5,8-11,13H,2-4,6-7H2,1H3;2*1H3;2*1H;;/q4*-1;;;;. The van der Waals surface area contributed by atoms with Gasteiger partial charge in [-0.1, -0.05) is 75.6 Å². The molecule has 0 heterocycles. The monoisotopic (exact) mass is 642 g/mol. The third kappa shape index (κ3) is 9.19. The van der Waals surface area contributed by atoms with E-state index in [4.69, 9.17) is 0 Å². The number of fused-ring (bicyclic) bond motifs is 2. The predicted molar refractivity (Wildman–Crippen MR) is 173 cm³/mol. The van der Waals surface area contributed by atoms with E-state index in [1.807, 2.05) is 0 Å². The van der Waals surface area contributed by atoms with Gasteiger partial charge in [0.05, 0.1) is 0 Å². The van der Waals surface area contributed by atoms with Crippen LogP contribution in [-0.2, 0) is 23.3 Å². The van der Waals surface area contributed by atoms with Crippen molar-refractivity contribution in [1.82, 2.24) is 0 Å². The van der Waals surface area contributed by atoms with E-state index in [-0.39, 0.29) is 39.7 Å². The second-order valence-corrected chi connectivity index (χ2v) is 10.4. The van der Waals surface area contributed by atoms with Crippen molar-refractivity contribution in [3.05, 3.63) is 97.8 Å². The summed E-state index contributed by atoms with van der Waals surface area (Å²) in [6, 6.07) is 23.0. The molecule has 0 N–H and O–H groups in total. The SMILES string of the molecule is Cc1cc2c(C3CCCCC3)cccc2[cH-]1.Cc1cc2c(C3CCCCC3)cccc2[cH-]1.Cl.Cl.[CH3-].[CH3-].[Si]=[Zr]. The number of hydrogen-bond donors (Lipinski definition) is 0. The fraction of sp³-hybridized carbons (Fsp3) is 0.412. The van der Waals surface area contributed by atoms with E-state index in [1.54, 1.807) is 11.1 Å². The Morgan fingerprint density at radius 2 is 0.947 bits per heavy atom. The summed E-state index contributed by atoms with van der Waals surface area (Å²) >= 11 is 1.36. The molecule has 2 aliphatic carbocycles. The van der Waals surface area contributed by atoms with Gasteiger partial charge in [-0.2, -0.15) is 12.1 Å². The Hall–Kier alpha value is -0.660. The number of aryl methyl sites for hydroxylation is 2. The fourth-order valence-corrected chi connectivity index (χ4v) is 6.36. The van der Waals surface area contributed by atoms with E-state index in [2.05, 4.69) is 81.4 Å². The van der Waals surface area contributed by atoms with Gasteiger partial charge >= 0.3 is 30.2 Å². The molecular weight excluding hydrogens is 599 g/mol. The second kappa shape index (κ2) is 18.6. The first-order valence-corrected chi connectivity index (χ1v) is 17.4. The summed E-state index contributed by atoms with van der Waals surface area (Å²) in [5.41, 5.74) is 6.01. The zero-order valence-electron chi connectivity index (χ0n) is 23.8. The summed E-state index contributed by atoms with van der Waals surface area (Å²) in [6.45, 7) is 7.46. The summed E-state index contributed by atoms with van der Waals surface area (Å²) in [6.07, 6.45) is 14.1. The van der Waals surface area contributed by atoms with Crippen LogP contribution in [0.3, 0.4) is 0 Å². The van der Waals surface area contributed by atoms with Gasteiger partial charge in [0.2, 0.25) is 0 Å². The van der Waals surface area contributed by atoms with Crippen LogP contribution in [0, 0.1) is 28.7 Å². The molecule has 2 fully saturated rings. The van der Waals surface area contributed by atoms with Gasteiger partial charge in [0.15, 0.2) is 0 Å². The van der Waals surface area contributed by atoms with Crippen LogP contribution in [0.2, 0.25) is 0 Å². The Kier molecular flexibility index (Phi) is 18.3. The maximum absolute atomic E-state index is 3.06. The summed E-state index contributed by atoms with van der Waals surface area (Å²) in [5.74, 6) is 1.64. The van der Waals surface area contributed by atoms with Gasteiger partial charge in [-0.3, -0.25) is 0 Å². The zero-order valence-corrected chi connectivity index (χ0v) is 28.9. The van der Waals surface area contributed by atoms with E-state index in [1.165, 1.54) is 120 Å². The predicted octanol–water partition coefficient (Wildman–Crippen LogP) is 11.2. The fourth-order valence-electron chi connectivity index (χ4n) is 6.36. The minimum atomic E-state index is 0. The third-order valence-electron chi connectivity index (χ3n) is 7.95.